The molecule has 2 unspecified atom stereocenters. The van der Waals surface area contributed by atoms with Gasteiger partial charge >= 0.3 is 0 Å². The van der Waals surface area contributed by atoms with Crippen molar-refractivity contribution in [1.29, 1.82) is 0 Å². The van der Waals surface area contributed by atoms with Crippen LogP contribution in [0.2, 0.25) is 0 Å². The second-order valence-electron chi connectivity index (χ2n) is 6.37. The number of amides is 1. The third-order valence-electron chi connectivity index (χ3n) is 4.26. The monoisotopic (exact) mass is 388 g/mol. The molecule has 3 N–H and O–H groups in total. The summed E-state index contributed by atoms with van der Waals surface area (Å²) in [7, 11) is 0. The van der Waals surface area contributed by atoms with Crippen LogP contribution >= 0.6 is 24.8 Å². The highest BCUT2D eigenvalue weighted by atomic mass is 35.5. The van der Waals surface area contributed by atoms with Crippen molar-refractivity contribution in [3.05, 3.63) is 30.1 Å². The van der Waals surface area contributed by atoms with Gasteiger partial charge in [0, 0.05) is 25.6 Å². The number of para-hydroxylation sites is 2. The van der Waals surface area contributed by atoms with Crippen LogP contribution in [0.3, 0.4) is 0 Å². The van der Waals surface area contributed by atoms with Crippen molar-refractivity contribution in [3.63, 3.8) is 0 Å². The number of aromatic nitrogens is 2. The number of β-amino-alcohol motifs (C(OH)–C–C–N with tert-alkyl or cyclic N) is 1. The van der Waals surface area contributed by atoms with Gasteiger partial charge in [-0.1, -0.05) is 12.1 Å². The largest absolute Gasteiger partial charge is 0.392 e. The van der Waals surface area contributed by atoms with Crippen LogP contribution in [0.4, 0.5) is 0 Å². The zero-order chi connectivity index (χ0) is 16.4. The lowest BCUT2D eigenvalue weighted by Crippen LogP contribution is -2.41. The number of aliphatic hydroxyl groups excluding tert-OH is 1. The minimum atomic E-state index is -0.420. The molecular formula is C17H26Cl2N4O2. The molecule has 1 aromatic carbocycles. The number of carbonyl (C=O) groups excluding carboxylic acids is 1. The van der Waals surface area contributed by atoms with Crippen LogP contribution in [0.15, 0.2) is 24.3 Å². The van der Waals surface area contributed by atoms with Crippen molar-refractivity contribution in [1.82, 2.24) is 20.2 Å². The number of benzene rings is 1. The number of nitrogens with one attached hydrogen (secondary N) is 2. The summed E-state index contributed by atoms with van der Waals surface area (Å²) in [6, 6.07) is 8.14. The van der Waals surface area contributed by atoms with Gasteiger partial charge in [-0.2, -0.15) is 0 Å². The Balaban J connectivity index is 0.00000156. The zero-order valence-electron chi connectivity index (χ0n) is 14.4. The second kappa shape index (κ2) is 9.38. The van der Waals surface area contributed by atoms with Crippen molar-refractivity contribution in [3.8, 4) is 0 Å². The predicted molar refractivity (Wildman–Crippen MR) is 104 cm³/mol. The third-order valence-corrected chi connectivity index (χ3v) is 4.26. The first-order valence-electron chi connectivity index (χ1n) is 8.21. The number of nitrogens with zero attached hydrogens (tertiary/aromatic N) is 2. The topological polar surface area (TPSA) is 79.2 Å². The summed E-state index contributed by atoms with van der Waals surface area (Å²) in [6.45, 7) is 5.31. The van der Waals surface area contributed by atoms with Gasteiger partial charge in [-0.05, 0) is 32.4 Å². The maximum Gasteiger partial charge on any atom is 0.237 e. The van der Waals surface area contributed by atoms with Crippen molar-refractivity contribution in [2.75, 3.05) is 13.1 Å². The number of hydrogen-bond donors (Lipinski definition) is 3. The number of halogens is 2. The lowest BCUT2D eigenvalue weighted by molar-refractivity contribution is -0.122. The molecule has 2 heterocycles. The molecule has 140 valence electrons. The average Bonchev–Trinajstić information content (AvgIpc) is 3.10. The standard InChI is InChI=1S/C17H24N4O2.2ClH/c1-11(2)21-15-6-4-3-5-13(15)20-16(21)7-8-18-17(23)14-9-12(22)10-19-14;;/h3-6,11-12,14,19,22H,7-10H2,1-2H3,(H,18,23);2*1H. The van der Waals surface area contributed by atoms with Gasteiger partial charge in [0.15, 0.2) is 0 Å². The molecule has 1 aliphatic heterocycles. The van der Waals surface area contributed by atoms with Crippen molar-refractivity contribution >= 4 is 41.8 Å². The summed E-state index contributed by atoms with van der Waals surface area (Å²) in [5, 5.41) is 15.4. The molecule has 0 saturated carbocycles. The normalized spacial score (nSPS) is 19.5. The Kier molecular flexibility index (Phi) is 8.15. The van der Waals surface area contributed by atoms with Crippen LogP contribution in [0.1, 0.15) is 32.1 Å². The summed E-state index contributed by atoms with van der Waals surface area (Å²) in [5.41, 5.74) is 2.12. The fraction of sp³-hybridized carbons (Fsp3) is 0.529. The molecule has 1 aliphatic rings. The van der Waals surface area contributed by atoms with Crippen molar-refractivity contribution in [2.24, 2.45) is 0 Å². The Bertz CT molecular complexity index is 705. The smallest absolute Gasteiger partial charge is 0.237 e. The SMILES string of the molecule is CC(C)n1c(CCNC(=O)C2CC(O)CN2)nc2ccccc21.Cl.Cl. The summed E-state index contributed by atoms with van der Waals surface area (Å²) in [4.78, 5) is 16.8. The first-order chi connectivity index (χ1) is 11.1. The van der Waals surface area contributed by atoms with E-state index in [1.165, 1.54) is 0 Å². The van der Waals surface area contributed by atoms with Crippen molar-refractivity contribution in [2.45, 2.75) is 44.9 Å². The van der Waals surface area contributed by atoms with Gasteiger partial charge in [0.1, 0.15) is 5.82 Å². The molecule has 0 aliphatic carbocycles. The minimum Gasteiger partial charge on any atom is -0.392 e. The maximum absolute atomic E-state index is 12.1. The highest BCUT2D eigenvalue weighted by molar-refractivity contribution is 5.85. The van der Waals surface area contributed by atoms with Gasteiger partial charge in [-0.25, -0.2) is 4.98 Å². The molecule has 3 rings (SSSR count). The van der Waals surface area contributed by atoms with Gasteiger partial charge in [-0.15, -0.1) is 24.8 Å². The molecule has 6 nitrogen and oxygen atoms in total. The van der Waals surface area contributed by atoms with E-state index in [0.717, 1.165) is 16.9 Å². The summed E-state index contributed by atoms with van der Waals surface area (Å²) in [6.07, 6.45) is 0.750. The van der Waals surface area contributed by atoms with Crippen LogP contribution < -0.4 is 10.6 Å². The van der Waals surface area contributed by atoms with E-state index in [4.69, 9.17) is 4.98 Å². The van der Waals surface area contributed by atoms with Gasteiger partial charge in [0.05, 0.1) is 23.2 Å². The number of fused-ring (bicyclic) bond motifs is 1. The lowest BCUT2D eigenvalue weighted by Gasteiger charge is -2.14. The number of imidazole rings is 1. The Labute approximate surface area is 160 Å². The molecule has 0 radical (unpaired) electrons. The van der Waals surface area contributed by atoms with E-state index in [1.54, 1.807) is 0 Å². The van der Waals surface area contributed by atoms with Gasteiger partial charge < -0.3 is 20.3 Å². The molecule has 0 spiro atoms. The molecule has 1 fully saturated rings. The van der Waals surface area contributed by atoms with E-state index in [-0.39, 0.29) is 36.8 Å². The summed E-state index contributed by atoms with van der Waals surface area (Å²) >= 11 is 0. The quantitative estimate of drug-likeness (QED) is 0.729. The average molecular weight is 389 g/mol. The highest BCUT2D eigenvalue weighted by Gasteiger charge is 2.27. The van der Waals surface area contributed by atoms with Crippen LogP contribution in [0.5, 0.6) is 0 Å². The predicted octanol–water partition coefficient (Wildman–Crippen LogP) is 1.84. The second-order valence-corrected chi connectivity index (χ2v) is 6.37. The molecule has 1 amide bonds. The van der Waals surface area contributed by atoms with E-state index in [9.17, 15) is 9.90 Å². The number of carbonyl (C=O) groups is 1. The van der Waals surface area contributed by atoms with Crippen LogP contribution in [0.25, 0.3) is 11.0 Å². The van der Waals surface area contributed by atoms with E-state index >= 15 is 0 Å². The van der Waals surface area contributed by atoms with Gasteiger partial charge in [0.25, 0.3) is 0 Å². The van der Waals surface area contributed by atoms with Crippen LogP contribution in [0, 0.1) is 0 Å². The molecule has 2 aromatic rings. The number of rotatable bonds is 5. The molecule has 0 bridgehead atoms. The van der Waals surface area contributed by atoms with Crippen LogP contribution in [-0.4, -0.2) is 45.8 Å². The Morgan fingerprint density at radius 1 is 1.40 bits per heavy atom. The fourth-order valence-corrected chi connectivity index (χ4v) is 3.18. The van der Waals surface area contributed by atoms with E-state index in [2.05, 4.69) is 35.1 Å². The number of aliphatic hydroxyl groups is 1. The Hall–Kier alpha value is -1.34. The molecule has 8 heteroatoms. The Morgan fingerprint density at radius 3 is 2.76 bits per heavy atom. The van der Waals surface area contributed by atoms with E-state index in [1.807, 2.05) is 18.2 Å². The van der Waals surface area contributed by atoms with Crippen molar-refractivity contribution < 1.29 is 9.90 Å². The van der Waals surface area contributed by atoms with Gasteiger partial charge in [0.2, 0.25) is 5.91 Å². The molecule has 1 aromatic heterocycles. The number of hydrogen-bond acceptors (Lipinski definition) is 4. The molecular weight excluding hydrogens is 363 g/mol. The first-order valence-corrected chi connectivity index (χ1v) is 8.21. The van der Waals surface area contributed by atoms with Crippen LogP contribution in [-0.2, 0) is 11.2 Å². The fourth-order valence-electron chi connectivity index (χ4n) is 3.18. The highest BCUT2D eigenvalue weighted by Crippen LogP contribution is 2.21. The Morgan fingerprint density at radius 2 is 2.12 bits per heavy atom. The maximum atomic E-state index is 12.1. The third kappa shape index (κ3) is 4.85. The van der Waals surface area contributed by atoms with E-state index < -0.39 is 6.10 Å². The molecule has 25 heavy (non-hydrogen) atoms. The minimum absolute atomic E-state index is 0. The zero-order valence-corrected chi connectivity index (χ0v) is 16.1. The molecule has 1 saturated heterocycles. The lowest BCUT2D eigenvalue weighted by atomic mass is 10.2. The summed E-state index contributed by atoms with van der Waals surface area (Å²) < 4.78 is 2.22. The van der Waals surface area contributed by atoms with E-state index in [0.29, 0.717) is 32.0 Å². The van der Waals surface area contributed by atoms with Gasteiger partial charge in [-0.3, -0.25) is 4.79 Å². The summed E-state index contributed by atoms with van der Waals surface area (Å²) in [5.74, 6) is 0.940. The molecule has 2 atom stereocenters. The first kappa shape index (κ1) is 21.7.